The van der Waals surface area contributed by atoms with Gasteiger partial charge in [0.1, 0.15) is 11.1 Å². The molecule has 1 aromatic heterocycles. The number of nitrogens with zero attached hydrogens (tertiary/aromatic N) is 3. The molecule has 0 fully saturated rings. The first-order chi connectivity index (χ1) is 13.6. The lowest BCUT2D eigenvalue weighted by Gasteiger charge is -2.23. The molecule has 140 valence electrons. The molecule has 28 heavy (non-hydrogen) atoms. The number of hydrogen-bond acceptors (Lipinski definition) is 4. The first-order valence-corrected chi connectivity index (χ1v) is 10.1. The van der Waals surface area contributed by atoms with Gasteiger partial charge in [0.15, 0.2) is 0 Å². The van der Waals surface area contributed by atoms with Crippen molar-refractivity contribution in [2.24, 2.45) is 0 Å². The van der Waals surface area contributed by atoms with E-state index in [1.807, 2.05) is 66.7 Å². The highest BCUT2D eigenvalue weighted by Crippen LogP contribution is 2.28. The summed E-state index contributed by atoms with van der Waals surface area (Å²) in [6.07, 6.45) is 0. The van der Waals surface area contributed by atoms with Gasteiger partial charge in [-0.1, -0.05) is 62.0 Å². The Kier molecular flexibility index (Phi) is 6.46. The minimum atomic E-state index is -0.0666. The lowest BCUT2D eigenvalue weighted by Crippen LogP contribution is -2.27. The predicted molar refractivity (Wildman–Crippen MR) is 114 cm³/mol. The van der Waals surface area contributed by atoms with Gasteiger partial charge in [0.2, 0.25) is 5.91 Å². The van der Waals surface area contributed by atoms with Crippen molar-refractivity contribution in [3.05, 3.63) is 84.1 Å². The molecule has 0 bridgehead atoms. The highest BCUT2D eigenvalue weighted by Gasteiger charge is 2.19. The van der Waals surface area contributed by atoms with Crippen LogP contribution in [0.4, 0.5) is 11.4 Å². The number of pyridine rings is 1. The van der Waals surface area contributed by atoms with Gasteiger partial charge in [0, 0.05) is 17.1 Å². The molecular weight excluding hydrogens is 366 g/mol. The summed E-state index contributed by atoms with van der Waals surface area (Å²) in [6, 6.07) is 24.9. The number of amides is 1. The van der Waals surface area contributed by atoms with Crippen LogP contribution in [0.3, 0.4) is 0 Å². The molecule has 0 saturated heterocycles. The van der Waals surface area contributed by atoms with Crippen molar-refractivity contribution in [2.75, 3.05) is 10.7 Å². The Labute approximate surface area is 169 Å². The van der Waals surface area contributed by atoms with Gasteiger partial charge in [-0.25, -0.2) is 4.98 Å². The standard InChI is InChI=1S/C23H21N3OS/c1-17(2)21-14-13-18(15-24)23(25-21)28-16-22(27)26(19-9-5-3-6-10-19)20-11-7-4-8-12-20/h3-14,17H,16H2,1-2H3. The fraction of sp³-hybridized carbons (Fsp3) is 0.174. The second-order valence-corrected chi connectivity index (χ2v) is 7.51. The van der Waals surface area contributed by atoms with E-state index in [1.165, 1.54) is 11.8 Å². The molecule has 0 aliphatic rings. The van der Waals surface area contributed by atoms with Crippen molar-refractivity contribution >= 4 is 29.0 Å². The van der Waals surface area contributed by atoms with E-state index in [9.17, 15) is 10.1 Å². The molecule has 5 heteroatoms. The number of benzene rings is 2. The van der Waals surface area contributed by atoms with Crippen molar-refractivity contribution in [1.82, 2.24) is 4.98 Å². The number of aromatic nitrogens is 1. The molecule has 0 aliphatic heterocycles. The Morgan fingerprint density at radius 1 is 1.00 bits per heavy atom. The minimum Gasteiger partial charge on any atom is -0.280 e. The van der Waals surface area contributed by atoms with Gasteiger partial charge in [-0.05, 0) is 42.3 Å². The number of rotatable bonds is 6. The van der Waals surface area contributed by atoms with E-state index in [1.54, 1.807) is 11.0 Å². The highest BCUT2D eigenvalue weighted by molar-refractivity contribution is 8.00. The zero-order valence-electron chi connectivity index (χ0n) is 15.9. The van der Waals surface area contributed by atoms with Gasteiger partial charge in [0.05, 0.1) is 11.3 Å². The van der Waals surface area contributed by atoms with E-state index >= 15 is 0 Å². The number of carbonyl (C=O) groups is 1. The summed E-state index contributed by atoms with van der Waals surface area (Å²) < 4.78 is 0. The molecule has 0 unspecified atom stereocenters. The summed E-state index contributed by atoms with van der Waals surface area (Å²) in [7, 11) is 0. The Hall–Kier alpha value is -3.10. The van der Waals surface area contributed by atoms with Crippen molar-refractivity contribution in [3.8, 4) is 6.07 Å². The molecule has 0 atom stereocenters. The summed E-state index contributed by atoms with van der Waals surface area (Å²) in [6.45, 7) is 4.11. The third-order valence-corrected chi connectivity index (χ3v) is 5.18. The second-order valence-electron chi connectivity index (χ2n) is 6.54. The van der Waals surface area contributed by atoms with Crippen LogP contribution >= 0.6 is 11.8 Å². The molecule has 0 saturated carbocycles. The first kappa shape index (κ1) is 19.7. The summed E-state index contributed by atoms with van der Waals surface area (Å²) in [5.74, 6) is 0.378. The number of carbonyl (C=O) groups excluding carboxylic acids is 1. The fourth-order valence-corrected chi connectivity index (χ4v) is 3.59. The molecule has 1 amide bonds. The van der Waals surface area contributed by atoms with Crippen LogP contribution in [0.2, 0.25) is 0 Å². The Morgan fingerprint density at radius 2 is 1.57 bits per heavy atom. The van der Waals surface area contributed by atoms with E-state index in [0.717, 1.165) is 17.1 Å². The smallest absolute Gasteiger partial charge is 0.241 e. The number of para-hydroxylation sites is 2. The Morgan fingerprint density at radius 3 is 2.07 bits per heavy atom. The molecule has 0 N–H and O–H groups in total. The van der Waals surface area contributed by atoms with E-state index in [-0.39, 0.29) is 17.6 Å². The van der Waals surface area contributed by atoms with Crippen LogP contribution in [0, 0.1) is 11.3 Å². The van der Waals surface area contributed by atoms with E-state index in [4.69, 9.17) is 0 Å². The molecule has 2 aromatic carbocycles. The summed E-state index contributed by atoms with van der Waals surface area (Å²) in [5.41, 5.74) is 3.03. The zero-order valence-corrected chi connectivity index (χ0v) is 16.7. The van der Waals surface area contributed by atoms with Gasteiger partial charge in [-0.3, -0.25) is 9.69 Å². The minimum absolute atomic E-state index is 0.0666. The molecule has 0 radical (unpaired) electrons. The van der Waals surface area contributed by atoms with Gasteiger partial charge < -0.3 is 0 Å². The highest BCUT2D eigenvalue weighted by atomic mass is 32.2. The van der Waals surface area contributed by atoms with Crippen molar-refractivity contribution in [1.29, 1.82) is 5.26 Å². The van der Waals surface area contributed by atoms with Crippen molar-refractivity contribution in [3.63, 3.8) is 0 Å². The third-order valence-electron chi connectivity index (χ3n) is 4.20. The average Bonchev–Trinajstić information content (AvgIpc) is 2.73. The maximum absolute atomic E-state index is 13.1. The molecule has 3 aromatic rings. The van der Waals surface area contributed by atoms with Gasteiger partial charge in [-0.2, -0.15) is 5.26 Å². The molecule has 0 spiro atoms. The molecular formula is C23H21N3OS. The lowest BCUT2D eigenvalue weighted by molar-refractivity contribution is -0.115. The number of hydrogen-bond donors (Lipinski definition) is 0. The fourth-order valence-electron chi connectivity index (χ4n) is 2.76. The largest absolute Gasteiger partial charge is 0.280 e. The van der Waals surface area contributed by atoms with Crippen LogP contribution in [0.1, 0.15) is 31.0 Å². The zero-order chi connectivity index (χ0) is 19.9. The normalized spacial score (nSPS) is 10.5. The van der Waals surface area contributed by atoms with E-state index in [2.05, 4.69) is 24.9 Å². The first-order valence-electron chi connectivity index (χ1n) is 9.07. The predicted octanol–water partition coefficient (Wildman–Crippen LogP) is 5.53. The number of thioether (sulfide) groups is 1. The van der Waals surface area contributed by atoms with Crippen LogP contribution in [-0.2, 0) is 4.79 Å². The Bertz CT molecular complexity index is 942. The summed E-state index contributed by atoms with van der Waals surface area (Å²) in [4.78, 5) is 19.4. The third kappa shape index (κ3) is 4.59. The summed E-state index contributed by atoms with van der Waals surface area (Å²) in [5, 5.41) is 9.98. The van der Waals surface area contributed by atoms with Gasteiger partial charge in [-0.15, -0.1) is 0 Å². The van der Waals surface area contributed by atoms with Crippen LogP contribution in [0.5, 0.6) is 0 Å². The summed E-state index contributed by atoms with van der Waals surface area (Å²) >= 11 is 1.30. The van der Waals surface area contributed by atoms with Crippen LogP contribution in [-0.4, -0.2) is 16.6 Å². The second kappa shape index (κ2) is 9.20. The van der Waals surface area contributed by atoms with Crippen LogP contribution in [0.15, 0.2) is 77.8 Å². The molecule has 0 aliphatic carbocycles. The molecule has 1 heterocycles. The lowest BCUT2D eigenvalue weighted by atomic mass is 10.1. The Balaban J connectivity index is 1.86. The van der Waals surface area contributed by atoms with E-state index < -0.39 is 0 Å². The van der Waals surface area contributed by atoms with E-state index in [0.29, 0.717) is 10.6 Å². The van der Waals surface area contributed by atoms with Gasteiger partial charge in [0.25, 0.3) is 0 Å². The monoisotopic (exact) mass is 387 g/mol. The maximum Gasteiger partial charge on any atom is 0.241 e. The van der Waals surface area contributed by atoms with Crippen LogP contribution < -0.4 is 4.90 Å². The number of anilines is 2. The topological polar surface area (TPSA) is 57.0 Å². The SMILES string of the molecule is CC(C)c1ccc(C#N)c(SCC(=O)N(c2ccccc2)c2ccccc2)n1. The maximum atomic E-state index is 13.1. The molecule has 4 nitrogen and oxygen atoms in total. The van der Waals surface area contributed by atoms with Gasteiger partial charge >= 0.3 is 0 Å². The van der Waals surface area contributed by atoms with Crippen molar-refractivity contribution in [2.45, 2.75) is 24.8 Å². The average molecular weight is 388 g/mol. The van der Waals surface area contributed by atoms with Crippen LogP contribution in [0.25, 0.3) is 0 Å². The number of nitriles is 1. The quantitative estimate of drug-likeness (QED) is 0.522. The molecule has 3 rings (SSSR count). The van der Waals surface area contributed by atoms with Crippen molar-refractivity contribution < 1.29 is 4.79 Å².